The molecule has 0 atom stereocenters. The number of para-hydroxylation sites is 2. The Labute approximate surface area is 121 Å². The van der Waals surface area contributed by atoms with E-state index in [-0.39, 0.29) is 0 Å². The molecule has 0 amide bonds. The largest absolute Gasteiger partial charge is 0.461 e. The molecule has 0 aliphatic rings. The first-order valence-electron chi connectivity index (χ1n) is 6.80. The Bertz CT molecular complexity index is 864. The van der Waals surface area contributed by atoms with Crippen molar-refractivity contribution in [1.82, 2.24) is 14.5 Å². The van der Waals surface area contributed by atoms with Gasteiger partial charge in [0.05, 0.1) is 17.3 Å². The molecule has 0 saturated heterocycles. The average molecular weight is 275 g/mol. The fourth-order valence-corrected chi connectivity index (χ4v) is 2.50. The average Bonchev–Trinajstić information content (AvgIpc) is 3.16. The van der Waals surface area contributed by atoms with Crippen molar-refractivity contribution >= 4 is 11.0 Å². The van der Waals surface area contributed by atoms with Gasteiger partial charge in [-0.15, -0.1) is 0 Å². The van der Waals surface area contributed by atoms with Crippen LogP contribution in [0, 0.1) is 0 Å². The van der Waals surface area contributed by atoms with Crippen LogP contribution in [0.2, 0.25) is 0 Å². The predicted molar refractivity (Wildman–Crippen MR) is 80.8 cm³/mol. The first-order chi connectivity index (χ1) is 10.4. The van der Waals surface area contributed by atoms with E-state index in [2.05, 4.69) is 15.6 Å². The minimum Gasteiger partial charge on any atom is -0.461 e. The molecule has 0 aliphatic carbocycles. The number of furan rings is 1. The van der Waals surface area contributed by atoms with Gasteiger partial charge >= 0.3 is 0 Å². The lowest BCUT2D eigenvalue weighted by atomic mass is 10.2. The van der Waals surface area contributed by atoms with Crippen LogP contribution in [-0.4, -0.2) is 14.5 Å². The number of aromatic nitrogens is 3. The summed E-state index contributed by atoms with van der Waals surface area (Å²) in [5.41, 5.74) is 3.25. The summed E-state index contributed by atoms with van der Waals surface area (Å²) >= 11 is 0. The van der Waals surface area contributed by atoms with Gasteiger partial charge in [0.25, 0.3) is 0 Å². The maximum Gasteiger partial charge on any atom is 0.177 e. The zero-order chi connectivity index (χ0) is 14.1. The number of pyridine rings is 1. The summed E-state index contributed by atoms with van der Waals surface area (Å²) < 4.78 is 7.70. The van der Waals surface area contributed by atoms with E-state index in [0.29, 0.717) is 0 Å². The zero-order valence-corrected chi connectivity index (χ0v) is 11.3. The highest BCUT2D eigenvalue weighted by Gasteiger charge is 2.14. The number of imidazole rings is 1. The molecule has 0 N–H and O–H groups in total. The van der Waals surface area contributed by atoms with Crippen LogP contribution >= 0.6 is 0 Å². The molecule has 0 fully saturated rings. The SMILES string of the molecule is c1coc(-c2nc3ccccc3n2Cc2ccncc2)c1. The topological polar surface area (TPSA) is 43.9 Å². The molecule has 4 rings (SSSR count). The van der Waals surface area contributed by atoms with Gasteiger partial charge in [-0.05, 0) is 42.0 Å². The van der Waals surface area contributed by atoms with E-state index >= 15 is 0 Å². The van der Waals surface area contributed by atoms with Crippen LogP contribution in [0.4, 0.5) is 0 Å². The van der Waals surface area contributed by atoms with Crippen molar-refractivity contribution < 1.29 is 4.42 Å². The highest BCUT2D eigenvalue weighted by molar-refractivity contribution is 5.79. The van der Waals surface area contributed by atoms with Crippen molar-refractivity contribution in [3.05, 3.63) is 72.8 Å². The third-order valence-corrected chi connectivity index (χ3v) is 3.49. The second kappa shape index (κ2) is 4.90. The fraction of sp³-hybridized carbons (Fsp3) is 0.0588. The molecule has 0 spiro atoms. The third-order valence-electron chi connectivity index (χ3n) is 3.49. The van der Waals surface area contributed by atoms with Gasteiger partial charge in [-0.3, -0.25) is 4.98 Å². The van der Waals surface area contributed by atoms with Crippen molar-refractivity contribution in [2.75, 3.05) is 0 Å². The summed E-state index contributed by atoms with van der Waals surface area (Å²) in [6, 6.07) is 16.0. The van der Waals surface area contributed by atoms with Gasteiger partial charge in [-0.25, -0.2) is 4.98 Å². The maximum absolute atomic E-state index is 5.53. The normalized spacial score (nSPS) is 11.0. The molecule has 0 radical (unpaired) electrons. The molecule has 0 bridgehead atoms. The molecule has 0 unspecified atom stereocenters. The van der Waals surface area contributed by atoms with Gasteiger partial charge < -0.3 is 8.98 Å². The Morgan fingerprint density at radius 3 is 2.62 bits per heavy atom. The summed E-state index contributed by atoms with van der Waals surface area (Å²) in [4.78, 5) is 8.77. The van der Waals surface area contributed by atoms with Crippen LogP contribution in [0.5, 0.6) is 0 Å². The molecule has 0 aliphatic heterocycles. The molecular formula is C17H13N3O. The summed E-state index contributed by atoms with van der Waals surface area (Å²) in [6.07, 6.45) is 5.29. The van der Waals surface area contributed by atoms with E-state index < -0.39 is 0 Å². The molecule has 1 aromatic carbocycles. The highest BCUT2D eigenvalue weighted by Crippen LogP contribution is 2.26. The maximum atomic E-state index is 5.53. The molecule has 21 heavy (non-hydrogen) atoms. The van der Waals surface area contributed by atoms with Gasteiger partial charge in [0, 0.05) is 18.9 Å². The first-order valence-corrected chi connectivity index (χ1v) is 6.80. The van der Waals surface area contributed by atoms with E-state index in [1.807, 2.05) is 42.5 Å². The van der Waals surface area contributed by atoms with Crippen molar-refractivity contribution in [1.29, 1.82) is 0 Å². The van der Waals surface area contributed by atoms with Crippen LogP contribution in [0.25, 0.3) is 22.6 Å². The molecule has 0 saturated carbocycles. The minimum absolute atomic E-state index is 0.735. The van der Waals surface area contributed by atoms with Gasteiger partial charge in [-0.2, -0.15) is 0 Å². The standard InChI is InChI=1S/C17H13N3O/c1-2-5-15-14(4-1)19-17(16-6-3-11-21-16)20(15)12-13-7-9-18-10-8-13/h1-11H,12H2. The van der Waals surface area contributed by atoms with E-state index in [4.69, 9.17) is 9.40 Å². The Morgan fingerprint density at radius 2 is 1.81 bits per heavy atom. The number of benzene rings is 1. The van der Waals surface area contributed by atoms with E-state index in [0.717, 1.165) is 29.2 Å². The molecule has 3 aromatic heterocycles. The minimum atomic E-state index is 0.735. The smallest absolute Gasteiger partial charge is 0.177 e. The quantitative estimate of drug-likeness (QED) is 0.572. The lowest BCUT2D eigenvalue weighted by Crippen LogP contribution is -2.01. The van der Waals surface area contributed by atoms with Gasteiger partial charge in [0.15, 0.2) is 11.6 Å². The Kier molecular flexibility index (Phi) is 2.78. The predicted octanol–water partition coefficient (Wildman–Crippen LogP) is 3.74. The molecule has 4 nitrogen and oxygen atoms in total. The lowest BCUT2D eigenvalue weighted by molar-refractivity contribution is 0.572. The number of hydrogen-bond donors (Lipinski definition) is 0. The van der Waals surface area contributed by atoms with Crippen LogP contribution in [-0.2, 0) is 6.54 Å². The Hall–Kier alpha value is -2.88. The lowest BCUT2D eigenvalue weighted by Gasteiger charge is -2.07. The Morgan fingerprint density at radius 1 is 0.952 bits per heavy atom. The second-order valence-corrected chi connectivity index (χ2v) is 4.84. The van der Waals surface area contributed by atoms with Crippen molar-refractivity contribution in [3.63, 3.8) is 0 Å². The van der Waals surface area contributed by atoms with Crippen LogP contribution < -0.4 is 0 Å². The Balaban J connectivity index is 1.91. The number of nitrogens with zero attached hydrogens (tertiary/aromatic N) is 3. The summed E-state index contributed by atoms with van der Waals surface area (Å²) in [7, 11) is 0. The van der Waals surface area contributed by atoms with Crippen molar-refractivity contribution in [3.8, 4) is 11.6 Å². The van der Waals surface area contributed by atoms with Crippen molar-refractivity contribution in [2.45, 2.75) is 6.54 Å². The molecule has 4 aromatic rings. The first kappa shape index (κ1) is 11.9. The van der Waals surface area contributed by atoms with Crippen LogP contribution in [0.15, 0.2) is 71.6 Å². The third kappa shape index (κ3) is 2.10. The van der Waals surface area contributed by atoms with Crippen LogP contribution in [0.3, 0.4) is 0 Å². The number of rotatable bonds is 3. The van der Waals surface area contributed by atoms with Gasteiger partial charge in [0.1, 0.15) is 0 Å². The van der Waals surface area contributed by atoms with Crippen molar-refractivity contribution in [2.24, 2.45) is 0 Å². The second-order valence-electron chi connectivity index (χ2n) is 4.84. The molecule has 102 valence electrons. The van der Waals surface area contributed by atoms with E-state index in [1.54, 1.807) is 18.7 Å². The monoisotopic (exact) mass is 275 g/mol. The van der Waals surface area contributed by atoms with Crippen LogP contribution in [0.1, 0.15) is 5.56 Å². The number of fused-ring (bicyclic) bond motifs is 1. The van der Waals surface area contributed by atoms with E-state index in [9.17, 15) is 0 Å². The molecule has 3 heterocycles. The van der Waals surface area contributed by atoms with Gasteiger partial charge in [0.2, 0.25) is 0 Å². The number of hydrogen-bond acceptors (Lipinski definition) is 3. The molecular weight excluding hydrogens is 262 g/mol. The molecule has 4 heteroatoms. The summed E-state index contributed by atoms with van der Waals surface area (Å²) in [5.74, 6) is 1.62. The highest BCUT2D eigenvalue weighted by atomic mass is 16.3. The summed E-state index contributed by atoms with van der Waals surface area (Å²) in [6.45, 7) is 0.735. The fourth-order valence-electron chi connectivity index (χ4n) is 2.50. The van der Waals surface area contributed by atoms with E-state index in [1.165, 1.54) is 5.56 Å². The van der Waals surface area contributed by atoms with Gasteiger partial charge in [-0.1, -0.05) is 12.1 Å². The zero-order valence-electron chi connectivity index (χ0n) is 11.3. The summed E-state index contributed by atoms with van der Waals surface area (Å²) in [5, 5.41) is 0.